The van der Waals surface area contributed by atoms with Crippen molar-refractivity contribution in [1.29, 1.82) is 0 Å². The molecule has 0 aliphatic heterocycles. The molecule has 2 N–H and O–H groups in total. The molecule has 0 bridgehead atoms. The monoisotopic (exact) mass is 316 g/mol. The minimum atomic E-state index is -1.01. The predicted molar refractivity (Wildman–Crippen MR) is 90.9 cm³/mol. The minimum Gasteiger partial charge on any atom is -0.480 e. The van der Waals surface area contributed by atoms with Crippen molar-refractivity contribution in [2.75, 3.05) is 0 Å². The van der Waals surface area contributed by atoms with E-state index in [1.165, 1.54) is 5.56 Å². The molecule has 0 aliphatic rings. The van der Waals surface area contributed by atoms with Gasteiger partial charge < -0.3 is 15.0 Å². The standard InChI is InChI=1S/C18H24N2O3/c1-5-12-8-9-15-13(10-12)11(4)16(20(15)7-3)17(21)19-14(6-2)18(22)23/h8-10,14H,5-7H2,1-4H3,(H,19,21)(H,22,23). The molecule has 0 fully saturated rings. The lowest BCUT2D eigenvalue weighted by Gasteiger charge is -2.14. The highest BCUT2D eigenvalue weighted by molar-refractivity contribution is 6.03. The Morgan fingerprint density at radius 3 is 2.48 bits per heavy atom. The first kappa shape index (κ1) is 17.1. The Bertz CT molecular complexity index is 746. The molecule has 5 nitrogen and oxygen atoms in total. The number of benzene rings is 1. The molecule has 1 unspecified atom stereocenters. The fourth-order valence-corrected chi connectivity index (χ4v) is 2.98. The van der Waals surface area contributed by atoms with Gasteiger partial charge in [0.15, 0.2) is 0 Å². The fourth-order valence-electron chi connectivity index (χ4n) is 2.98. The summed E-state index contributed by atoms with van der Waals surface area (Å²) >= 11 is 0. The Labute approximate surface area is 136 Å². The zero-order valence-electron chi connectivity index (χ0n) is 14.1. The number of aliphatic carboxylic acids is 1. The lowest BCUT2D eigenvalue weighted by Crippen LogP contribution is -2.41. The molecule has 2 aromatic rings. The third kappa shape index (κ3) is 3.09. The largest absolute Gasteiger partial charge is 0.480 e. The summed E-state index contributed by atoms with van der Waals surface area (Å²) < 4.78 is 1.95. The van der Waals surface area contributed by atoms with Crippen molar-refractivity contribution in [3.05, 3.63) is 35.0 Å². The van der Waals surface area contributed by atoms with Gasteiger partial charge in [-0.2, -0.15) is 0 Å². The van der Waals surface area contributed by atoms with E-state index in [0.717, 1.165) is 22.9 Å². The normalized spacial score (nSPS) is 12.3. The van der Waals surface area contributed by atoms with Gasteiger partial charge in [-0.25, -0.2) is 4.79 Å². The van der Waals surface area contributed by atoms with Gasteiger partial charge in [-0.15, -0.1) is 0 Å². The molecule has 1 aromatic carbocycles. The van der Waals surface area contributed by atoms with Crippen molar-refractivity contribution in [1.82, 2.24) is 9.88 Å². The van der Waals surface area contributed by atoms with Crippen molar-refractivity contribution in [2.24, 2.45) is 0 Å². The summed E-state index contributed by atoms with van der Waals surface area (Å²) in [6.45, 7) is 8.40. The number of rotatable bonds is 6. The maximum absolute atomic E-state index is 12.6. The highest BCUT2D eigenvalue weighted by Gasteiger charge is 2.24. The van der Waals surface area contributed by atoms with Crippen molar-refractivity contribution >= 4 is 22.8 Å². The average molecular weight is 316 g/mol. The van der Waals surface area contributed by atoms with Crippen LogP contribution < -0.4 is 5.32 Å². The Hall–Kier alpha value is -2.30. The molecule has 1 aromatic heterocycles. The topological polar surface area (TPSA) is 71.3 Å². The molecule has 0 aliphatic carbocycles. The molecule has 124 valence electrons. The van der Waals surface area contributed by atoms with Crippen LogP contribution in [0, 0.1) is 6.92 Å². The lowest BCUT2D eigenvalue weighted by atomic mass is 10.1. The average Bonchev–Trinajstić information content (AvgIpc) is 2.83. The number of amides is 1. The van der Waals surface area contributed by atoms with Gasteiger partial charge in [-0.05, 0) is 49.9 Å². The van der Waals surface area contributed by atoms with Crippen LogP contribution >= 0.6 is 0 Å². The van der Waals surface area contributed by atoms with Crippen LogP contribution in [-0.4, -0.2) is 27.6 Å². The highest BCUT2D eigenvalue weighted by Crippen LogP contribution is 2.27. The van der Waals surface area contributed by atoms with Crippen LogP contribution in [0.15, 0.2) is 18.2 Å². The molecule has 23 heavy (non-hydrogen) atoms. The number of carboxylic acids is 1. The van der Waals surface area contributed by atoms with E-state index in [4.69, 9.17) is 5.11 Å². The van der Waals surface area contributed by atoms with E-state index >= 15 is 0 Å². The lowest BCUT2D eigenvalue weighted by molar-refractivity contribution is -0.139. The van der Waals surface area contributed by atoms with Crippen LogP contribution in [0.4, 0.5) is 0 Å². The van der Waals surface area contributed by atoms with Crippen LogP contribution in [0.25, 0.3) is 10.9 Å². The molecule has 1 amide bonds. The second-order valence-corrected chi connectivity index (χ2v) is 5.70. The van der Waals surface area contributed by atoms with E-state index in [1.54, 1.807) is 6.92 Å². The van der Waals surface area contributed by atoms with Crippen LogP contribution in [0.1, 0.15) is 48.8 Å². The highest BCUT2D eigenvalue weighted by atomic mass is 16.4. The summed E-state index contributed by atoms with van der Waals surface area (Å²) in [5, 5.41) is 12.8. The third-order valence-corrected chi connectivity index (χ3v) is 4.33. The van der Waals surface area contributed by atoms with Crippen molar-refractivity contribution in [2.45, 2.75) is 53.1 Å². The second-order valence-electron chi connectivity index (χ2n) is 5.70. The van der Waals surface area contributed by atoms with E-state index in [-0.39, 0.29) is 5.91 Å². The van der Waals surface area contributed by atoms with Crippen LogP contribution in [-0.2, 0) is 17.8 Å². The van der Waals surface area contributed by atoms with Crippen molar-refractivity contribution < 1.29 is 14.7 Å². The Balaban J connectivity index is 2.53. The van der Waals surface area contributed by atoms with Crippen molar-refractivity contribution in [3.63, 3.8) is 0 Å². The first-order valence-corrected chi connectivity index (χ1v) is 8.09. The quantitative estimate of drug-likeness (QED) is 0.860. The number of hydrogen-bond acceptors (Lipinski definition) is 2. The van der Waals surface area contributed by atoms with Crippen LogP contribution in [0.2, 0.25) is 0 Å². The van der Waals surface area contributed by atoms with Gasteiger partial charge in [0.25, 0.3) is 5.91 Å². The van der Waals surface area contributed by atoms with E-state index < -0.39 is 12.0 Å². The SMILES string of the molecule is CCc1ccc2c(c1)c(C)c(C(=O)NC(CC)C(=O)O)n2CC. The fraction of sp³-hybridized carbons (Fsp3) is 0.444. The predicted octanol–water partition coefficient (Wildman–Crippen LogP) is 3.13. The molecular formula is C18H24N2O3. The summed E-state index contributed by atoms with van der Waals surface area (Å²) in [4.78, 5) is 23.8. The minimum absolute atomic E-state index is 0.326. The number of nitrogens with zero attached hydrogens (tertiary/aromatic N) is 1. The van der Waals surface area contributed by atoms with Gasteiger partial charge in [0.2, 0.25) is 0 Å². The number of aromatic nitrogens is 1. The van der Waals surface area contributed by atoms with Gasteiger partial charge >= 0.3 is 5.97 Å². The van der Waals surface area contributed by atoms with Gasteiger partial charge in [-0.3, -0.25) is 4.79 Å². The Kier molecular flexibility index (Phi) is 5.08. The third-order valence-electron chi connectivity index (χ3n) is 4.33. The summed E-state index contributed by atoms with van der Waals surface area (Å²) in [7, 11) is 0. The number of carbonyl (C=O) groups excluding carboxylic acids is 1. The summed E-state index contributed by atoms with van der Waals surface area (Å²) in [5.74, 6) is -1.33. The van der Waals surface area contributed by atoms with Crippen molar-refractivity contribution in [3.8, 4) is 0 Å². The smallest absolute Gasteiger partial charge is 0.326 e. The summed E-state index contributed by atoms with van der Waals surface area (Å²) in [6.07, 6.45) is 1.29. The molecule has 1 heterocycles. The van der Waals surface area contributed by atoms with E-state index in [9.17, 15) is 9.59 Å². The first-order valence-electron chi connectivity index (χ1n) is 8.09. The molecule has 0 saturated carbocycles. The summed E-state index contributed by atoms with van der Waals surface area (Å²) in [6, 6.07) is 5.36. The van der Waals surface area contributed by atoms with Gasteiger partial charge in [0, 0.05) is 17.4 Å². The maximum atomic E-state index is 12.6. The maximum Gasteiger partial charge on any atom is 0.326 e. The van der Waals surface area contributed by atoms with E-state index in [0.29, 0.717) is 18.7 Å². The van der Waals surface area contributed by atoms with Gasteiger partial charge in [0.1, 0.15) is 11.7 Å². The Morgan fingerprint density at radius 1 is 1.26 bits per heavy atom. The van der Waals surface area contributed by atoms with E-state index in [2.05, 4.69) is 24.4 Å². The number of fused-ring (bicyclic) bond motifs is 1. The van der Waals surface area contributed by atoms with Gasteiger partial charge in [0.05, 0.1) is 0 Å². The van der Waals surface area contributed by atoms with E-state index in [1.807, 2.05) is 24.5 Å². The zero-order valence-corrected chi connectivity index (χ0v) is 14.1. The summed E-state index contributed by atoms with van der Waals surface area (Å²) in [5.41, 5.74) is 3.68. The zero-order chi connectivity index (χ0) is 17.1. The number of carboxylic acid groups (broad SMARTS) is 1. The number of nitrogens with one attached hydrogen (secondary N) is 1. The van der Waals surface area contributed by atoms with Crippen LogP contribution in [0.5, 0.6) is 0 Å². The molecule has 0 spiro atoms. The first-order chi connectivity index (χ1) is 10.9. The molecule has 0 radical (unpaired) electrons. The Morgan fingerprint density at radius 2 is 1.96 bits per heavy atom. The molecular weight excluding hydrogens is 292 g/mol. The molecule has 5 heteroatoms. The number of carbonyl (C=O) groups is 2. The van der Waals surface area contributed by atoms with Crippen LogP contribution in [0.3, 0.4) is 0 Å². The second kappa shape index (κ2) is 6.86. The molecule has 0 saturated heterocycles. The molecule has 1 atom stereocenters. The number of hydrogen-bond donors (Lipinski definition) is 2. The van der Waals surface area contributed by atoms with Gasteiger partial charge in [-0.1, -0.05) is 19.9 Å². The molecule has 2 rings (SSSR count). The number of aryl methyl sites for hydroxylation is 3.